The van der Waals surface area contributed by atoms with Gasteiger partial charge in [0.15, 0.2) is 0 Å². The summed E-state index contributed by atoms with van der Waals surface area (Å²) in [6, 6.07) is 12.1. The van der Waals surface area contributed by atoms with Crippen LogP contribution >= 0.6 is 0 Å². The number of hydrogen-bond donors (Lipinski definition) is 2. The van der Waals surface area contributed by atoms with E-state index in [1.165, 1.54) is 13.2 Å². The maximum absolute atomic E-state index is 13.9. The molecular weight excluding hydrogens is 393 g/mol. The Morgan fingerprint density at radius 2 is 1.77 bits per heavy atom. The normalized spacial score (nSPS) is 10.5. The zero-order valence-electron chi connectivity index (χ0n) is 16.0. The number of carbonyl (C=O) groups is 2. The number of nitro benzene ring substituents is 1. The predicted molar refractivity (Wildman–Crippen MR) is 105 cm³/mol. The Balaban J connectivity index is 1.65. The Kier molecular flexibility index (Phi) is 6.21. The van der Waals surface area contributed by atoms with E-state index >= 15 is 0 Å². The third-order valence-electron chi connectivity index (χ3n) is 4.42. The fourth-order valence-electron chi connectivity index (χ4n) is 2.77. The Bertz CT molecular complexity index is 1100. The summed E-state index contributed by atoms with van der Waals surface area (Å²) in [5, 5.41) is 16.3. The number of nitro groups is 1. The molecule has 0 bridgehead atoms. The molecule has 0 spiro atoms. The molecule has 0 saturated carbocycles. The Morgan fingerprint density at radius 1 is 1.03 bits per heavy atom. The summed E-state index contributed by atoms with van der Waals surface area (Å²) in [5.41, 5.74) is 0.277. The SMILES string of the molecule is Cc1c(F)cc(C(=O)NCc2cccc(C(=O)NCc3ccco3)c2)cc1[N+](=O)[O-]. The molecule has 1 heterocycles. The van der Waals surface area contributed by atoms with Crippen LogP contribution in [0.1, 0.15) is 37.6 Å². The quantitative estimate of drug-likeness (QED) is 0.456. The first-order valence-corrected chi connectivity index (χ1v) is 8.97. The Morgan fingerprint density at radius 3 is 2.47 bits per heavy atom. The van der Waals surface area contributed by atoms with Crippen LogP contribution in [0.3, 0.4) is 0 Å². The van der Waals surface area contributed by atoms with E-state index in [1.54, 1.807) is 36.4 Å². The highest BCUT2D eigenvalue weighted by Gasteiger charge is 2.19. The summed E-state index contributed by atoms with van der Waals surface area (Å²) in [6.45, 7) is 1.57. The van der Waals surface area contributed by atoms with Crippen LogP contribution in [0.25, 0.3) is 0 Å². The zero-order valence-corrected chi connectivity index (χ0v) is 16.0. The molecule has 30 heavy (non-hydrogen) atoms. The number of carbonyl (C=O) groups excluding carboxylic acids is 2. The number of nitrogens with one attached hydrogen (secondary N) is 2. The van der Waals surface area contributed by atoms with Gasteiger partial charge >= 0.3 is 0 Å². The third-order valence-corrected chi connectivity index (χ3v) is 4.42. The number of hydrogen-bond acceptors (Lipinski definition) is 5. The second kappa shape index (κ2) is 8.99. The lowest BCUT2D eigenvalue weighted by Crippen LogP contribution is -2.24. The van der Waals surface area contributed by atoms with E-state index in [1.807, 2.05) is 0 Å². The molecule has 0 saturated heterocycles. The van der Waals surface area contributed by atoms with E-state index in [9.17, 15) is 24.1 Å². The summed E-state index contributed by atoms with van der Waals surface area (Å²) in [6.07, 6.45) is 1.51. The van der Waals surface area contributed by atoms with Crippen molar-refractivity contribution < 1.29 is 23.3 Å². The average Bonchev–Trinajstić information content (AvgIpc) is 3.25. The van der Waals surface area contributed by atoms with E-state index in [0.717, 1.165) is 12.1 Å². The van der Waals surface area contributed by atoms with Crippen molar-refractivity contribution in [3.63, 3.8) is 0 Å². The molecule has 0 radical (unpaired) electrons. The number of halogens is 1. The summed E-state index contributed by atoms with van der Waals surface area (Å²) in [4.78, 5) is 34.9. The molecule has 8 nitrogen and oxygen atoms in total. The van der Waals surface area contributed by atoms with Crippen molar-refractivity contribution in [3.8, 4) is 0 Å². The predicted octanol–water partition coefficient (Wildman–Crippen LogP) is 3.50. The molecule has 0 atom stereocenters. The number of furan rings is 1. The van der Waals surface area contributed by atoms with Crippen molar-refractivity contribution in [3.05, 3.63) is 98.7 Å². The first-order chi connectivity index (χ1) is 14.3. The van der Waals surface area contributed by atoms with E-state index in [-0.39, 0.29) is 30.1 Å². The maximum atomic E-state index is 13.9. The minimum atomic E-state index is -0.829. The molecule has 1 aromatic heterocycles. The first kappa shape index (κ1) is 20.7. The van der Waals surface area contributed by atoms with Crippen LogP contribution in [0, 0.1) is 22.9 Å². The van der Waals surface area contributed by atoms with Crippen molar-refractivity contribution in [2.24, 2.45) is 0 Å². The highest BCUT2D eigenvalue weighted by atomic mass is 19.1. The van der Waals surface area contributed by atoms with Gasteiger partial charge in [0.1, 0.15) is 11.6 Å². The van der Waals surface area contributed by atoms with Crippen LogP contribution in [-0.2, 0) is 13.1 Å². The van der Waals surface area contributed by atoms with E-state index in [0.29, 0.717) is 16.9 Å². The number of nitrogens with zero attached hydrogens (tertiary/aromatic N) is 1. The standard InChI is InChI=1S/C21H18FN3O5/c1-13-18(22)9-16(10-19(13)25(28)29)21(27)23-11-14-4-2-5-15(8-14)20(26)24-12-17-6-3-7-30-17/h2-10H,11-12H2,1H3,(H,23,27)(H,24,26). The van der Waals surface area contributed by atoms with Gasteiger partial charge in [0, 0.05) is 23.7 Å². The highest BCUT2D eigenvalue weighted by molar-refractivity contribution is 5.95. The lowest BCUT2D eigenvalue weighted by atomic mass is 10.1. The van der Waals surface area contributed by atoms with Crippen molar-refractivity contribution in [1.82, 2.24) is 10.6 Å². The van der Waals surface area contributed by atoms with Gasteiger partial charge < -0.3 is 15.1 Å². The lowest BCUT2D eigenvalue weighted by Gasteiger charge is -2.09. The molecule has 2 amide bonds. The van der Waals surface area contributed by atoms with Gasteiger partial charge in [0.25, 0.3) is 17.5 Å². The average molecular weight is 411 g/mol. The van der Waals surface area contributed by atoms with E-state index in [2.05, 4.69) is 10.6 Å². The van der Waals surface area contributed by atoms with Crippen LogP contribution in [0.4, 0.5) is 10.1 Å². The van der Waals surface area contributed by atoms with Gasteiger partial charge in [-0.15, -0.1) is 0 Å². The second-order valence-electron chi connectivity index (χ2n) is 6.50. The number of amides is 2. The molecular formula is C21H18FN3O5. The fourth-order valence-corrected chi connectivity index (χ4v) is 2.77. The summed E-state index contributed by atoms with van der Waals surface area (Å²) >= 11 is 0. The summed E-state index contributed by atoms with van der Waals surface area (Å²) in [5.74, 6) is -1.18. The summed E-state index contributed by atoms with van der Waals surface area (Å²) in [7, 11) is 0. The number of rotatable bonds is 7. The van der Waals surface area contributed by atoms with Gasteiger partial charge in [-0.3, -0.25) is 19.7 Å². The largest absolute Gasteiger partial charge is 0.467 e. The van der Waals surface area contributed by atoms with Crippen molar-refractivity contribution in [2.45, 2.75) is 20.0 Å². The smallest absolute Gasteiger partial charge is 0.276 e. The Labute approximate surface area is 170 Å². The molecule has 0 aliphatic rings. The number of benzene rings is 2. The van der Waals surface area contributed by atoms with Crippen LogP contribution in [0.15, 0.2) is 59.2 Å². The lowest BCUT2D eigenvalue weighted by molar-refractivity contribution is -0.385. The third kappa shape index (κ3) is 4.88. The molecule has 0 fully saturated rings. The van der Waals surface area contributed by atoms with Gasteiger partial charge in [-0.25, -0.2) is 4.39 Å². The van der Waals surface area contributed by atoms with Crippen molar-refractivity contribution in [2.75, 3.05) is 0 Å². The summed E-state index contributed by atoms with van der Waals surface area (Å²) < 4.78 is 19.1. The minimum Gasteiger partial charge on any atom is -0.467 e. The molecule has 2 N–H and O–H groups in total. The highest BCUT2D eigenvalue weighted by Crippen LogP contribution is 2.22. The van der Waals surface area contributed by atoms with E-state index < -0.39 is 22.3 Å². The van der Waals surface area contributed by atoms with Crippen LogP contribution < -0.4 is 10.6 Å². The topological polar surface area (TPSA) is 114 Å². The second-order valence-corrected chi connectivity index (χ2v) is 6.50. The van der Waals surface area contributed by atoms with Crippen LogP contribution in [0.2, 0.25) is 0 Å². The zero-order chi connectivity index (χ0) is 21.7. The molecule has 0 aliphatic carbocycles. The van der Waals surface area contributed by atoms with Gasteiger partial charge in [-0.05, 0) is 42.8 Å². The van der Waals surface area contributed by atoms with Crippen LogP contribution in [0.5, 0.6) is 0 Å². The van der Waals surface area contributed by atoms with Gasteiger partial charge in [0.2, 0.25) is 0 Å². The monoisotopic (exact) mass is 411 g/mol. The Hall–Kier alpha value is -4.01. The van der Waals surface area contributed by atoms with Gasteiger partial charge in [-0.2, -0.15) is 0 Å². The van der Waals surface area contributed by atoms with Crippen molar-refractivity contribution >= 4 is 17.5 Å². The van der Waals surface area contributed by atoms with E-state index in [4.69, 9.17) is 4.42 Å². The van der Waals surface area contributed by atoms with Crippen LogP contribution in [-0.4, -0.2) is 16.7 Å². The molecule has 9 heteroatoms. The fraction of sp³-hybridized carbons (Fsp3) is 0.143. The molecule has 3 rings (SSSR count). The molecule has 0 unspecified atom stereocenters. The molecule has 154 valence electrons. The minimum absolute atomic E-state index is 0.0570. The molecule has 0 aliphatic heterocycles. The molecule has 3 aromatic rings. The van der Waals surface area contributed by atoms with Crippen molar-refractivity contribution in [1.29, 1.82) is 0 Å². The van der Waals surface area contributed by atoms with Gasteiger partial charge in [-0.1, -0.05) is 12.1 Å². The maximum Gasteiger partial charge on any atom is 0.276 e. The molecule has 2 aromatic carbocycles. The van der Waals surface area contributed by atoms with Gasteiger partial charge in [0.05, 0.1) is 23.3 Å². The first-order valence-electron chi connectivity index (χ1n) is 8.97.